The third-order valence-corrected chi connectivity index (χ3v) is 6.04. The van der Waals surface area contributed by atoms with Crippen LogP contribution in [0, 0.1) is 23.0 Å². The van der Waals surface area contributed by atoms with Gasteiger partial charge in [0.2, 0.25) is 0 Å². The van der Waals surface area contributed by atoms with Crippen LogP contribution in [0.25, 0.3) is 11.1 Å². The van der Waals surface area contributed by atoms with Crippen LogP contribution in [0.2, 0.25) is 0 Å². The molecular formula is C29H30F2N2O4. The number of aliphatic hydroxyl groups is 1. The lowest BCUT2D eigenvalue weighted by atomic mass is 9.93. The monoisotopic (exact) mass is 508 g/mol. The maximum absolute atomic E-state index is 14.4. The van der Waals surface area contributed by atoms with Crippen molar-refractivity contribution in [2.75, 3.05) is 13.2 Å². The highest BCUT2D eigenvalue weighted by Crippen LogP contribution is 2.28. The lowest BCUT2D eigenvalue weighted by molar-refractivity contribution is 0.0697. The molecule has 194 valence electrons. The van der Waals surface area contributed by atoms with E-state index in [0.717, 1.165) is 11.1 Å². The van der Waals surface area contributed by atoms with Crippen molar-refractivity contribution < 1.29 is 28.5 Å². The summed E-state index contributed by atoms with van der Waals surface area (Å²) in [4.78, 5) is 11.1. The molecule has 0 aliphatic carbocycles. The quantitative estimate of drug-likeness (QED) is 0.333. The molecule has 3 N–H and O–H groups in total. The molecule has 0 unspecified atom stereocenters. The van der Waals surface area contributed by atoms with Gasteiger partial charge in [-0.05, 0) is 85.3 Å². The molecule has 0 saturated heterocycles. The van der Waals surface area contributed by atoms with Gasteiger partial charge in [0, 0.05) is 12.1 Å². The molecule has 3 rings (SSSR count). The van der Waals surface area contributed by atoms with Crippen LogP contribution in [-0.2, 0) is 12.8 Å². The molecule has 0 heterocycles. The lowest BCUT2D eigenvalue weighted by Gasteiger charge is -2.28. The number of aryl methyl sites for hydroxylation is 1. The first-order chi connectivity index (χ1) is 17.5. The Morgan fingerprint density at radius 2 is 1.68 bits per heavy atom. The van der Waals surface area contributed by atoms with Gasteiger partial charge in [-0.15, -0.1) is 0 Å². The number of carbonyl (C=O) groups is 1. The normalized spacial score (nSPS) is 12.1. The van der Waals surface area contributed by atoms with Gasteiger partial charge in [-0.3, -0.25) is 0 Å². The number of nitriles is 1. The van der Waals surface area contributed by atoms with Crippen LogP contribution in [0.1, 0.15) is 47.8 Å². The second kappa shape index (κ2) is 12.0. The van der Waals surface area contributed by atoms with E-state index in [2.05, 4.69) is 11.4 Å². The van der Waals surface area contributed by atoms with Crippen molar-refractivity contribution in [1.29, 1.82) is 5.26 Å². The molecule has 6 nitrogen and oxygen atoms in total. The van der Waals surface area contributed by atoms with Crippen LogP contribution in [-0.4, -0.2) is 41.0 Å². The van der Waals surface area contributed by atoms with Crippen molar-refractivity contribution in [3.8, 4) is 22.9 Å². The number of benzene rings is 3. The van der Waals surface area contributed by atoms with Gasteiger partial charge in [0.1, 0.15) is 36.2 Å². The van der Waals surface area contributed by atoms with E-state index < -0.39 is 29.2 Å². The highest BCUT2D eigenvalue weighted by Gasteiger charge is 2.22. The van der Waals surface area contributed by atoms with Crippen LogP contribution < -0.4 is 10.1 Å². The molecule has 0 aromatic heterocycles. The summed E-state index contributed by atoms with van der Waals surface area (Å²) in [7, 11) is 0. The number of aliphatic hydroxyl groups excluding tert-OH is 1. The zero-order valence-electron chi connectivity index (χ0n) is 21.0. The van der Waals surface area contributed by atoms with E-state index in [9.17, 15) is 23.9 Å². The van der Waals surface area contributed by atoms with Gasteiger partial charge in [-0.1, -0.05) is 25.1 Å². The number of nitrogens with zero attached hydrogens (tertiary/aromatic N) is 1. The van der Waals surface area contributed by atoms with Crippen LogP contribution in [0.3, 0.4) is 0 Å². The van der Waals surface area contributed by atoms with Gasteiger partial charge in [0.05, 0.1) is 11.1 Å². The Bertz CT molecular complexity index is 1300. The summed E-state index contributed by atoms with van der Waals surface area (Å²) in [5.41, 5.74) is 1.88. The number of ether oxygens (including phenoxy) is 1. The van der Waals surface area contributed by atoms with Crippen molar-refractivity contribution in [3.05, 3.63) is 88.5 Å². The minimum Gasteiger partial charge on any atom is -0.489 e. The zero-order valence-corrected chi connectivity index (χ0v) is 21.0. The molecule has 0 aliphatic rings. The first-order valence-corrected chi connectivity index (χ1v) is 11.9. The highest BCUT2D eigenvalue weighted by molar-refractivity contribution is 5.88. The molecule has 0 bridgehead atoms. The Balaban J connectivity index is 1.62. The Morgan fingerprint density at radius 3 is 2.30 bits per heavy atom. The fraction of sp³-hybridized carbons (Fsp3) is 0.310. The predicted octanol–water partition coefficient (Wildman–Crippen LogP) is 5.11. The Kier molecular flexibility index (Phi) is 8.98. The molecule has 0 saturated carbocycles. The van der Waals surface area contributed by atoms with Crippen LogP contribution in [0.4, 0.5) is 8.78 Å². The first-order valence-electron chi connectivity index (χ1n) is 11.9. The number of β-amino-alcohol motifs (C(OH)–C–C–N with tert-alkyl or cyclic N) is 1. The fourth-order valence-corrected chi connectivity index (χ4v) is 3.93. The molecule has 8 heteroatoms. The van der Waals surface area contributed by atoms with Crippen LogP contribution in [0.15, 0.2) is 54.6 Å². The average Bonchev–Trinajstić information content (AvgIpc) is 2.88. The number of hydrogen-bond donors (Lipinski definition) is 3. The zero-order chi connectivity index (χ0) is 27.2. The summed E-state index contributed by atoms with van der Waals surface area (Å²) >= 11 is 0. The third-order valence-electron chi connectivity index (χ3n) is 6.04. The molecule has 3 aromatic rings. The number of aromatic carboxylic acids is 1. The van der Waals surface area contributed by atoms with E-state index in [1.165, 1.54) is 24.3 Å². The van der Waals surface area contributed by atoms with Crippen molar-refractivity contribution in [2.45, 2.75) is 45.3 Å². The molecule has 3 aromatic carbocycles. The average molecular weight is 509 g/mol. The molecule has 0 aliphatic heterocycles. The SMILES string of the molecule is CCc1cc(F)c(CC(C)(C)NC[C@H](O)COc2cc(-c3ccc(C(=O)O)cc3)ccc2C#N)cc1F. The van der Waals surface area contributed by atoms with Gasteiger partial charge in [-0.25, -0.2) is 13.6 Å². The molecule has 1 atom stereocenters. The second-order valence-electron chi connectivity index (χ2n) is 9.50. The summed E-state index contributed by atoms with van der Waals surface area (Å²) < 4.78 is 34.3. The van der Waals surface area contributed by atoms with E-state index in [1.807, 2.05) is 13.8 Å². The van der Waals surface area contributed by atoms with Crippen molar-refractivity contribution in [1.82, 2.24) is 5.32 Å². The minimum absolute atomic E-state index is 0.104. The van der Waals surface area contributed by atoms with Crippen LogP contribution in [0.5, 0.6) is 5.75 Å². The first kappa shape index (κ1) is 27.8. The van der Waals surface area contributed by atoms with Gasteiger partial charge < -0.3 is 20.3 Å². The predicted molar refractivity (Wildman–Crippen MR) is 137 cm³/mol. The standard InChI is InChI=1S/C29H30F2N2O4/c1-4-18-11-26(31)23(12-25(18)30)14-29(2,3)33-16-24(34)17-37-27-13-21(9-10-22(27)15-32)19-5-7-20(8-6-19)28(35)36/h5-13,24,33-34H,4,14,16-17H2,1-3H3,(H,35,36)/t24-/m0/s1. The number of nitrogens with one attached hydrogen (secondary N) is 1. The molecule has 0 radical (unpaired) electrons. The smallest absolute Gasteiger partial charge is 0.335 e. The third kappa shape index (κ3) is 7.35. The summed E-state index contributed by atoms with van der Waals surface area (Å²) in [6, 6.07) is 15.8. The van der Waals surface area contributed by atoms with Crippen molar-refractivity contribution in [2.24, 2.45) is 0 Å². The Labute approximate surface area is 215 Å². The van der Waals surface area contributed by atoms with Gasteiger partial charge >= 0.3 is 5.97 Å². The van der Waals surface area contributed by atoms with E-state index >= 15 is 0 Å². The summed E-state index contributed by atoms with van der Waals surface area (Å²) in [5.74, 6) is -1.63. The van der Waals surface area contributed by atoms with Crippen molar-refractivity contribution in [3.63, 3.8) is 0 Å². The van der Waals surface area contributed by atoms with E-state index in [4.69, 9.17) is 9.84 Å². The van der Waals surface area contributed by atoms with E-state index in [1.54, 1.807) is 37.3 Å². The number of carboxylic acid groups (broad SMARTS) is 1. The largest absolute Gasteiger partial charge is 0.489 e. The maximum atomic E-state index is 14.4. The van der Waals surface area contributed by atoms with Gasteiger partial charge in [-0.2, -0.15) is 5.26 Å². The molecule has 37 heavy (non-hydrogen) atoms. The Hall–Kier alpha value is -3.80. The Morgan fingerprint density at radius 1 is 1.05 bits per heavy atom. The summed E-state index contributed by atoms with van der Waals surface area (Å²) in [5, 5.41) is 32.2. The maximum Gasteiger partial charge on any atom is 0.335 e. The second-order valence-corrected chi connectivity index (χ2v) is 9.50. The number of halogens is 2. The molecule has 0 fully saturated rings. The molecule has 0 amide bonds. The summed E-state index contributed by atoms with van der Waals surface area (Å²) in [6.45, 7) is 5.45. The lowest BCUT2D eigenvalue weighted by Crippen LogP contribution is -2.46. The van der Waals surface area contributed by atoms with Gasteiger partial charge in [0.15, 0.2) is 0 Å². The number of hydrogen-bond acceptors (Lipinski definition) is 5. The van der Waals surface area contributed by atoms with E-state index in [0.29, 0.717) is 17.5 Å². The minimum atomic E-state index is -1.02. The van der Waals surface area contributed by atoms with E-state index in [-0.39, 0.29) is 36.4 Å². The number of carboxylic acids is 1. The fourth-order valence-electron chi connectivity index (χ4n) is 3.93. The topological polar surface area (TPSA) is 103 Å². The highest BCUT2D eigenvalue weighted by atomic mass is 19.1. The molecular weight excluding hydrogens is 478 g/mol. The number of rotatable bonds is 11. The molecule has 0 spiro atoms. The van der Waals surface area contributed by atoms with Gasteiger partial charge in [0.25, 0.3) is 0 Å². The van der Waals surface area contributed by atoms with Crippen LogP contribution >= 0.6 is 0 Å². The summed E-state index contributed by atoms with van der Waals surface area (Å²) in [6.07, 6.45) is -0.313. The van der Waals surface area contributed by atoms with Crippen molar-refractivity contribution >= 4 is 5.97 Å².